The smallest absolute Gasteiger partial charge is 0.128 e. The Morgan fingerprint density at radius 3 is 2.83 bits per heavy atom. The minimum Gasteiger partial charge on any atom is -0.271 e. The van der Waals surface area contributed by atoms with Gasteiger partial charge in [0, 0.05) is 23.1 Å². The Morgan fingerprint density at radius 2 is 2.22 bits per heavy atom. The highest BCUT2D eigenvalue weighted by atomic mass is 32.1. The van der Waals surface area contributed by atoms with E-state index in [-0.39, 0.29) is 5.56 Å². The van der Waals surface area contributed by atoms with Gasteiger partial charge < -0.3 is 0 Å². The van der Waals surface area contributed by atoms with Crippen molar-refractivity contribution in [2.45, 2.75) is 19.4 Å². The summed E-state index contributed by atoms with van der Waals surface area (Å²) in [7, 11) is 0. The summed E-state index contributed by atoms with van der Waals surface area (Å²) in [5, 5.41) is 2.74. The molecule has 0 radical (unpaired) electrons. The Labute approximate surface area is 108 Å². The van der Waals surface area contributed by atoms with Crippen LogP contribution in [-0.2, 0) is 6.42 Å². The third-order valence-corrected chi connectivity index (χ3v) is 3.57. The van der Waals surface area contributed by atoms with E-state index in [1.807, 2.05) is 12.3 Å². The molecule has 1 aromatic heterocycles. The zero-order valence-corrected chi connectivity index (χ0v) is 10.6. The zero-order chi connectivity index (χ0) is 13.1. The number of hydrazine groups is 1. The molecule has 1 unspecified atom stereocenters. The summed E-state index contributed by atoms with van der Waals surface area (Å²) in [5.41, 5.74) is 3.63. The molecule has 18 heavy (non-hydrogen) atoms. The molecule has 0 amide bonds. The van der Waals surface area contributed by atoms with Crippen molar-refractivity contribution in [2.24, 2.45) is 5.84 Å². The van der Waals surface area contributed by atoms with E-state index in [1.165, 1.54) is 11.3 Å². The third-order valence-electron chi connectivity index (χ3n) is 2.58. The normalized spacial score (nSPS) is 12.7. The van der Waals surface area contributed by atoms with Crippen molar-refractivity contribution < 1.29 is 8.78 Å². The number of hydrogen-bond acceptors (Lipinski definition) is 4. The van der Waals surface area contributed by atoms with Crippen LogP contribution in [0.25, 0.3) is 0 Å². The average Bonchev–Trinajstić information content (AvgIpc) is 2.75. The van der Waals surface area contributed by atoms with Crippen molar-refractivity contribution in [3.63, 3.8) is 0 Å². The Bertz CT molecular complexity index is 542. The molecule has 96 valence electrons. The second-order valence-electron chi connectivity index (χ2n) is 3.97. The van der Waals surface area contributed by atoms with Crippen molar-refractivity contribution >= 4 is 11.3 Å². The maximum Gasteiger partial charge on any atom is 0.128 e. The van der Waals surface area contributed by atoms with Crippen LogP contribution in [0, 0.1) is 18.6 Å². The molecule has 6 heteroatoms. The lowest BCUT2D eigenvalue weighted by molar-refractivity contribution is 0.501. The van der Waals surface area contributed by atoms with Crippen LogP contribution in [-0.4, -0.2) is 4.98 Å². The van der Waals surface area contributed by atoms with Crippen LogP contribution in [0.15, 0.2) is 23.6 Å². The maximum absolute atomic E-state index is 13.6. The van der Waals surface area contributed by atoms with E-state index in [4.69, 9.17) is 5.84 Å². The molecule has 3 nitrogen and oxygen atoms in total. The summed E-state index contributed by atoms with van der Waals surface area (Å²) in [5.74, 6) is 4.45. The highest BCUT2D eigenvalue weighted by Gasteiger charge is 2.17. The molecular weight excluding hydrogens is 256 g/mol. The monoisotopic (exact) mass is 269 g/mol. The molecule has 0 saturated heterocycles. The predicted molar refractivity (Wildman–Crippen MR) is 67.0 cm³/mol. The van der Waals surface area contributed by atoms with E-state index in [1.54, 1.807) is 0 Å². The topological polar surface area (TPSA) is 50.9 Å². The van der Waals surface area contributed by atoms with Gasteiger partial charge in [-0.2, -0.15) is 0 Å². The summed E-state index contributed by atoms with van der Waals surface area (Å²) >= 11 is 1.48. The fourth-order valence-electron chi connectivity index (χ4n) is 1.71. The van der Waals surface area contributed by atoms with Crippen LogP contribution in [0.2, 0.25) is 0 Å². The van der Waals surface area contributed by atoms with Crippen LogP contribution >= 0.6 is 11.3 Å². The largest absolute Gasteiger partial charge is 0.271 e. The van der Waals surface area contributed by atoms with E-state index in [0.717, 1.165) is 28.9 Å². The summed E-state index contributed by atoms with van der Waals surface area (Å²) in [6, 6.07) is 2.84. The molecule has 2 rings (SSSR count). The van der Waals surface area contributed by atoms with Crippen molar-refractivity contribution in [1.82, 2.24) is 10.4 Å². The number of hydrogen-bond donors (Lipinski definition) is 2. The van der Waals surface area contributed by atoms with Gasteiger partial charge in [-0.15, -0.1) is 11.3 Å². The van der Waals surface area contributed by atoms with E-state index >= 15 is 0 Å². The first kappa shape index (κ1) is 13.1. The van der Waals surface area contributed by atoms with Crippen LogP contribution in [0.3, 0.4) is 0 Å². The minimum atomic E-state index is -0.494. The SMILES string of the molecule is Cc1csc(CC(NN)c2cc(F)ccc2F)n1. The number of nitrogens with one attached hydrogen (secondary N) is 1. The fraction of sp³-hybridized carbons (Fsp3) is 0.250. The summed E-state index contributed by atoms with van der Waals surface area (Å²) < 4.78 is 26.8. The lowest BCUT2D eigenvalue weighted by atomic mass is 10.0. The van der Waals surface area contributed by atoms with Gasteiger partial charge in [0.15, 0.2) is 0 Å². The molecule has 0 aliphatic rings. The zero-order valence-electron chi connectivity index (χ0n) is 9.78. The van der Waals surface area contributed by atoms with Gasteiger partial charge in [-0.05, 0) is 25.1 Å². The highest BCUT2D eigenvalue weighted by molar-refractivity contribution is 7.09. The first-order chi connectivity index (χ1) is 8.60. The lowest BCUT2D eigenvalue weighted by Gasteiger charge is -2.15. The second-order valence-corrected chi connectivity index (χ2v) is 4.91. The maximum atomic E-state index is 13.6. The average molecular weight is 269 g/mol. The van der Waals surface area contributed by atoms with E-state index in [0.29, 0.717) is 6.42 Å². The van der Waals surface area contributed by atoms with Crippen molar-refractivity contribution in [1.29, 1.82) is 0 Å². The molecule has 2 aromatic rings. The van der Waals surface area contributed by atoms with Crippen LogP contribution in [0.4, 0.5) is 8.78 Å². The molecule has 1 aromatic carbocycles. The number of aryl methyl sites for hydroxylation is 1. The Kier molecular flexibility index (Phi) is 4.00. The Morgan fingerprint density at radius 1 is 1.44 bits per heavy atom. The molecule has 0 spiro atoms. The molecular formula is C12H13F2N3S. The van der Waals surface area contributed by atoms with Gasteiger partial charge in [0.1, 0.15) is 11.6 Å². The highest BCUT2D eigenvalue weighted by Crippen LogP contribution is 2.23. The third kappa shape index (κ3) is 2.90. The minimum absolute atomic E-state index is 0.213. The van der Waals surface area contributed by atoms with Crippen molar-refractivity contribution in [3.8, 4) is 0 Å². The standard InChI is InChI=1S/C12H13F2N3S/c1-7-6-18-12(16-7)5-11(17-15)9-4-8(13)2-3-10(9)14/h2-4,6,11,17H,5,15H2,1H3. The molecule has 1 atom stereocenters. The van der Waals surface area contributed by atoms with Gasteiger partial charge in [0.25, 0.3) is 0 Å². The van der Waals surface area contributed by atoms with Gasteiger partial charge in [-0.25, -0.2) is 13.8 Å². The summed E-state index contributed by atoms with van der Waals surface area (Å²) in [6.07, 6.45) is 0.426. The van der Waals surface area contributed by atoms with Gasteiger partial charge >= 0.3 is 0 Å². The van der Waals surface area contributed by atoms with E-state index in [2.05, 4.69) is 10.4 Å². The van der Waals surface area contributed by atoms with Gasteiger partial charge in [0.2, 0.25) is 0 Å². The van der Waals surface area contributed by atoms with Gasteiger partial charge in [-0.3, -0.25) is 11.3 Å². The van der Waals surface area contributed by atoms with Crippen molar-refractivity contribution in [3.05, 3.63) is 51.5 Å². The first-order valence-corrected chi connectivity index (χ1v) is 6.30. The number of halogens is 2. The molecule has 3 N–H and O–H groups in total. The molecule has 0 aliphatic carbocycles. The first-order valence-electron chi connectivity index (χ1n) is 5.42. The molecule has 0 fully saturated rings. The molecule has 0 saturated carbocycles. The molecule has 1 heterocycles. The van der Waals surface area contributed by atoms with Crippen LogP contribution in [0.1, 0.15) is 22.3 Å². The predicted octanol–water partition coefficient (Wildman–Crippen LogP) is 2.48. The summed E-state index contributed by atoms with van der Waals surface area (Å²) in [6.45, 7) is 1.88. The number of rotatable bonds is 4. The van der Waals surface area contributed by atoms with Crippen LogP contribution in [0.5, 0.6) is 0 Å². The van der Waals surface area contributed by atoms with Gasteiger partial charge in [0.05, 0.1) is 11.0 Å². The number of nitrogens with zero attached hydrogens (tertiary/aromatic N) is 1. The number of thiazole rings is 1. The Hall–Kier alpha value is -1.37. The number of benzene rings is 1. The Balaban J connectivity index is 2.25. The molecule has 0 aliphatic heterocycles. The number of aromatic nitrogens is 1. The van der Waals surface area contributed by atoms with Gasteiger partial charge in [-0.1, -0.05) is 0 Å². The fourth-order valence-corrected chi connectivity index (χ4v) is 2.53. The quantitative estimate of drug-likeness (QED) is 0.662. The molecule has 0 bridgehead atoms. The second kappa shape index (κ2) is 5.51. The van der Waals surface area contributed by atoms with E-state index in [9.17, 15) is 8.78 Å². The van der Waals surface area contributed by atoms with E-state index < -0.39 is 17.7 Å². The lowest BCUT2D eigenvalue weighted by Crippen LogP contribution is -2.30. The van der Waals surface area contributed by atoms with Crippen molar-refractivity contribution in [2.75, 3.05) is 0 Å². The summed E-state index contributed by atoms with van der Waals surface area (Å²) in [4.78, 5) is 4.28. The van der Waals surface area contributed by atoms with Crippen LogP contribution < -0.4 is 11.3 Å². The number of nitrogens with two attached hydrogens (primary N) is 1.